The van der Waals surface area contributed by atoms with Crippen molar-refractivity contribution in [3.63, 3.8) is 0 Å². The zero-order chi connectivity index (χ0) is 21.7. The summed E-state index contributed by atoms with van der Waals surface area (Å²) in [5, 5.41) is 12.5. The van der Waals surface area contributed by atoms with E-state index < -0.39 is 12.2 Å². The lowest BCUT2D eigenvalue weighted by molar-refractivity contribution is 0.333. The average Bonchev–Trinajstić information content (AvgIpc) is 3.51. The zero-order valence-corrected chi connectivity index (χ0v) is 17.9. The molecule has 11 nitrogen and oxygen atoms in total. The molecule has 12 heteroatoms. The smallest absolute Gasteiger partial charge is 0.256 e. The Hall–Kier alpha value is -2.99. The van der Waals surface area contributed by atoms with Crippen molar-refractivity contribution in [1.29, 1.82) is 0 Å². The molecule has 0 amide bonds. The van der Waals surface area contributed by atoms with Crippen molar-refractivity contribution < 1.29 is 9.13 Å². The predicted molar refractivity (Wildman–Crippen MR) is 114 cm³/mol. The van der Waals surface area contributed by atoms with Gasteiger partial charge in [-0.1, -0.05) is 0 Å². The van der Waals surface area contributed by atoms with Gasteiger partial charge in [0.05, 0.1) is 43.8 Å². The molecule has 2 fully saturated rings. The number of nitrogens with zero attached hydrogens (tertiary/aromatic N) is 8. The van der Waals surface area contributed by atoms with E-state index in [4.69, 9.17) is 10.5 Å². The number of halogens is 1. The molecule has 2 aliphatic heterocycles. The van der Waals surface area contributed by atoms with Crippen molar-refractivity contribution >= 4 is 23.1 Å². The van der Waals surface area contributed by atoms with Gasteiger partial charge in [0, 0.05) is 13.1 Å². The second-order valence-corrected chi connectivity index (χ2v) is 8.34. The van der Waals surface area contributed by atoms with Gasteiger partial charge in [-0.25, -0.2) is 13.9 Å². The standard InChI is InChI=1S/C19H27FN10O/c1-11-6-22-17-16(24-19(26-30(11)17)28-8-13(20)14(21)9-28)23-15-10-29(25-18(15)31-3)12-4-5-27(2)7-12/h6,10,12-14H,4-5,7-9,21H2,1-3H3,(H,23,24,26)/t12-,13-,14-/m0/s1. The van der Waals surface area contributed by atoms with Crippen LogP contribution >= 0.6 is 0 Å². The number of rotatable bonds is 5. The van der Waals surface area contributed by atoms with E-state index in [9.17, 15) is 4.39 Å². The van der Waals surface area contributed by atoms with E-state index in [1.165, 1.54) is 0 Å². The largest absolute Gasteiger partial charge is 0.478 e. The van der Waals surface area contributed by atoms with Gasteiger partial charge in [-0.05, 0) is 26.9 Å². The number of aromatic nitrogens is 6. The molecule has 0 unspecified atom stereocenters. The number of hydrogen-bond acceptors (Lipinski definition) is 9. The first-order chi connectivity index (χ1) is 14.9. The van der Waals surface area contributed by atoms with E-state index in [0.717, 1.165) is 25.2 Å². The Morgan fingerprint density at radius 2 is 2.10 bits per heavy atom. The minimum absolute atomic E-state index is 0.163. The van der Waals surface area contributed by atoms with Crippen molar-refractivity contribution in [1.82, 2.24) is 34.3 Å². The maximum Gasteiger partial charge on any atom is 0.256 e. The fourth-order valence-electron chi connectivity index (χ4n) is 4.20. The number of aryl methyl sites for hydroxylation is 1. The number of hydrogen-bond donors (Lipinski definition) is 2. The van der Waals surface area contributed by atoms with Crippen LogP contribution in [0.25, 0.3) is 5.65 Å². The highest BCUT2D eigenvalue weighted by Crippen LogP contribution is 2.31. The number of ether oxygens (including phenoxy) is 1. The first-order valence-electron chi connectivity index (χ1n) is 10.4. The van der Waals surface area contributed by atoms with Crippen LogP contribution in [0.15, 0.2) is 12.4 Å². The Bertz CT molecular complexity index is 1090. The number of likely N-dealkylation sites (tertiary alicyclic amines) is 1. The third-order valence-electron chi connectivity index (χ3n) is 5.98. The highest BCUT2D eigenvalue weighted by molar-refractivity contribution is 5.73. The lowest BCUT2D eigenvalue weighted by Gasteiger charge is -2.17. The second-order valence-electron chi connectivity index (χ2n) is 8.34. The van der Waals surface area contributed by atoms with E-state index >= 15 is 0 Å². The summed E-state index contributed by atoms with van der Waals surface area (Å²) in [6, 6.07) is -0.265. The zero-order valence-electron chi connectivity index (χ0n) is 17.9. The van der Waals surface area contributed by atoms with Gasteiger partial charge in [-0.15, -0.1) is 10.2 Å². The van der Waals surface area contributed by atoms with Crippen molar-refractivity contribution in [2.24, 2.45) is 5.73 Å². The van der Waals surface area contributed by atoms with Gasteiger partial charge >= 0.3 is 0 Å². The fourth-order valence-corrected chi connectivity index (χ4v) is 4.20. The lowest BCUT2D eigenvalue weighted by Crippen LogP contribution is -2.30. The molecule has 2 saturated heterocycles. The summed E-state index contributed by atoms with van der Waals surface area (Å²) < 4.78 is 23.2. The molecular formula is C19H27FN10O. The molecule has 31 heavy (non-hydrogen) atoms. The molecule has 0 aromatic carbocycles. The maximum atomic E-state index is 14.0. The van der Waals surface area contributed by atoms with Gasteiger partial charge in [0.25, 0.3) is 5.88 Å². The van der Waals surface area contributed by atoms with Crippen LogP contribution in [0.5, 0.6) is 5.88 Å². The van der Waals surface area contributed by atoms with Gasteiger partial charge in [-0.3, -0.25) is 4.68 Å². The highest BCUT2D eigenvalue weighted by Gasteiger charge is 2.32. The third kappa shape index (κ3) is 3.55. The minimum atomic E-state index is -1.11. The number of likely N-dealkylation sites (N-methyl/N-ethyl adjacent to an activating group) is 1. The summed E-state index contributed by atoms with van der Waals surface area (Å²) in [6.07, 6.45) is 3.58. The van der Waals surface area contributed by atoms with E-state index in [2.05, 4.69) is 37.4 Å². The Kier molecular flexibility index (Phi) is 4.89. The number of anilines is 3. The summed E-state index contributed by atoms with van der Waals surface area (Å²) in [5.74, 6) is 1.37. The Balaban J connectivity index is 1.51. The van der Waals surface area contributed by atoms with Gasteiger partial charge < -0.3 is 25.6 Å². The van der Waals surface area contributed by atoms with Gasteiger partial charge in [0.1, 0.15) is 11.9 Å². The molecule has 3 aromatic heterocycles. The van der Waals surface area contributed by atoms with Crippen LogP contribution in [0.1, 0.15) is 18.2 Å². The molecule has 5 rings (SSSR count). The summed E-state index contributed by atoms with van der Waals surface area (Å²) >= 11 is 0. The lowest BCUT2D eigenvalue weighted by atomic mass is 10.3. The SMILES string of the molecule is COc1nn([C@H]2CCN(C)C2)cc1Nc1nc(N2C[C@H](N)[C@@H](F)C2)nn2c(C)cnc12. The Labute approximate surface area is 179 Å². The van der Waals surface area contributed by atoms with E-state index in [0.29, 0.717) is 35.5 Å². The number of fused-ring (bicyclic) bond motifs is 1. The first-order valence-corrected chi connectivity index (χ1v) is 10.4. The molecule has 0 aliphatic carbocycles. The van der Waals surface area contributed by atoms with Crippen molar-refractivity contribution in [2.45, 2.75) is 31.6 Å². The highest BCUT2D eigenvalue weighted by atomic mass is 19.1. The molecule has 0 radical (unpaired) electrons. The van der Waals surface area contributed by atoms with Gasteiger partial charge in [0.15, 0.2) is 11.5 Å². The molecule has 0 spiro atoms. The molecule has 3 aromatic rings. The minimum Gasteiger partial charge on any atom is -0.478 e. The topological polar surface area (TPSA) is 115 Å². The van der Waals surface area contributed by atoms with Gasteiger partial charge in [0.2, 0.25) is 5.95 Å². The van der Waals surface area contributed by atoms with Crippen LogP contribution in [0, 0.1) is 6.92 Å². The molecular weight excluding hydrogens is 403 g/mol. The molecule has 0 bridgehead atoms. The maximum absolute atomic E-state index is 14.0. The summed E-state index contributed by atoms with van der Waals surface area (Å²) in [6.45, 7) is 4.40. The molecule has 3 N–H and O–H groups in total. The molecule has 166 valence electrons. The van der Waals surface area contributed by atoms with E-state index in [1.807, 2.05) is 17.8 Å². The van der Waals surface area contributed by atoms with Crippen LogP contribution < -0.4 is 20.7 Å². The average molecular weight is 430 g/mol. The van der Waals surface area contributed by atoms with E-state index in [-0.39, 0.29) is 12.6 Å². The van der Waals surface area contributed by atoms with Crippen LogP contribution in [0.4, 0.5) is 21.8 Å². The fraction of sp³-hybridized carbons (Fsp3) is 0.579. The summed E-state index contributed by atoms with van der Waals surface area (Å²) in [5.41, 5.74) is 7.96. The summed E-state index contributed by atoms with van der Waals surface area (Å²) in [7, 11) is 3.69. The van der Waals surface area contributed by atoms with Crippen LogP contribution in [0.2, 0.25) is 0 Å². The molecule has 3 atom stereocenters. The molecule has 0 saturated carbocycles. The number of imidazole rings is 1. The van der Waals surface area contributed by atoms with Crippen molar-refractivity contribution in [3.8, 4) is 5.88 Å². The normalized spacial score (nSPS) is 24.4. The number of nitrogens with one attached hydrogen (secondary N) is 1. The Morgan fingerprint density at radius 1 is 1.26 bits per heavy atom. The summed E-state index contributed by atoms with van der Waals surface area (Å²) in [4.78, 5) is 13.1. The molecule has 2 aliphatic rings. The number of alkyl halides is 1. The predicted octanol–water partition coefficient (Wildman–Crippen LogP) is 0.743. The molecule has 5 heterocycles. The number of methoxy groups -OCH3 is 1. The van der Waals surface area contributed by atoms with Gasteiger partial charge in [-0.2, -0.15) is 4.98 Å². The van der Waals surface area contributed by atoms with E-state index in [1.54, 1.807) is 22.7 Å². The third-order valence-corrected chi connectivity index (χ3v) is 5.98. The van der Waals surface area contributed by atoms with Crippen molar-refractivity contribution in [3.05, 3.63) is 18.1 Å². The van der Waals surface area contributed by atoms with Crippen LogP contribution in [0.3, 0.4) is 0 Å². The first kappa shape index (κ1) is 19.9. The Morgan fingerprint density at radius 3 is 2.77 bits per heavy atom. The van der Waals surface area contributed by atoms with Crippen LogP contribution in [-0.4, -0.2) is 86.8 Å². The quantitative estimate of drug-likeness (QED) is 0.605. The van der Waals surface area contributed by atoms with Crippen molar-refractivity contribution in [2.75, 3.05) is 50.6 Å². The van der Waals surface area contributed by atoms with Crippen LogP contribution in [-0.2, 0) is 0 Å². The monoisotopic (exact) mass is 430 g/mol. The second kappa shape index (κ2) is 7.61. The number of nitrogens with two attached hydrogens (primary N) is 1.